The van der Waals surface area contributed by atoms with Crippen molar-refractivity contribution in [1.29, 1.82) is 0 Å². The number of hydrogen-bond donors (Lipinski definition) is 1. The smallest absolute Gasteiger partial charge is 0.343 e. The largest absolute Gasteiger partial charge is 0.506 e. The molecule has 0 aliphatic heterocycles. The highest BCUT2D eigenvalue weighted by molar-refractivity contribution is 14.1. The Balaban J connectivity index is 3.59. The van der Waals surface area contributed by atoms with Crippen molar-refractivity contribution in [2.24, 2.45) is 10.4 Å². The summed E-state index contributed by atoms with van der Waals surface area (Å²) in [6.07, 6.45) is 1.35. The zero-order valence-corrected chi connectivity index (χ0v) is 30.0. The molecule has 0 radical (unpaired) electrons. The molecule has 1 aromatic carbocycles. The number of benzene rings is 1. The van der Waals surface area contributed by atoms with Crippen molar-refractivity contribution in [1.82, 2.24) is 0 Å². The second-order valence-corrected chi connectivity index (χ2v) is 19.2. The summed E-state index contributed by atoms with van der Waals surface area (Å²) in [6.45, 7) is 23.3. The van der Waals surface area contributed by atoms with Crippen LogP contribution in [0.5, 0.6) is 5.75 Å². The van der Waals surface area contributed by atoms with E-state index < -0.39 is 14.3 Å². The molecule has 0 spiro atoms. The molecular weight excluding hydrogens is 736 g/mol. The van der Waals surface area contributed by atoms with E-state index in [1.54, 1.807) is 13.0 Å². The van der Waals surface area contributed by atoms with Gasteiger partial charge in [0, 0.05) is 11.8 Å². The van der Waals surface area contributed by atoms with E-state index in [9.17, 15) is 9.90 Å². The topological polar surface area (TPSA) is 77.4 Å². The molecular formula is C27H42ClI2NO5Si. The van der Waals surface area contributed by atoms with Crippen LogP contribution in [0.1, 0.15) is 67.9 Å². The van der Waals surface area contributed by atoms with Gasteiger partial charge in [-0.2, -0.15) is 0 Å². The fourth-order valence-electron chi connectivity index (χ4n) is 2.84. The lowest BCUT2D eigenvalue weighted by molar-refractivity contribution is -0.137. The molecule has 1 aromatic rings. The molecule has 0 heterocycles. The number of rotatable bonds is 10. The van der Waals surface area contributed by atoms with Crippen LogP contribution in [0.25, 0.3) is 5.76 Å². The molecule has 0 saturated carbocycles. The predicted molar refractivity (Wildman–Crippen MR) is 174 cm³/mol. The molecule has 1 rings (SSSR count). The van der Waals surface area contributed by atoms with Crippen LogP contribution in [0.4, 0.5) is 0 Å². The molecule has 1 N–H and O–H groups in total. The summed E-state index contributed by atoms with van der Waals surface area (Å²) < 4.78 is 19.0. The first kappa shape index (κ1) is 34.7. The highest BCUT2D eigenvalue weighted by Gasteiger charge is 2.38. The van der Waals surface area contributed by atoms with Gasteiger partial charge < -0.3 is 19.0 Å². The van der Waals surface area contributed by atoms with Gasteiger partial charge in [0.25, 0.3) is 0 Å². The SMILES string of the molecule is CCOC(=O)C(C=N[C@H](CO[Si](C)(C)C(C)(C)C)C(C)(C)C)=C(O)c1cc(I)c(OC(C)C)c(I)c1Cl. The Morgan fingerprint density at radius 1 is 1.19 bits per heavy atom. The lowest BCUT2D eigenvalue weighted by atomic mass is 9.88. The predicted octanol–water partition coefficient (Wildman–Crippen LogP) is 8.68. The Morgan fingerprint density at radius 3 is 2.22 bits per heavy atom. The van der Waals surface area contributed by atoms with Crippen molar-refractivity contribution in [2.75, 3.05) is 13.2 Å². The Morgan fingerprint density at radius 2 is 1.76 bits per heavy atom. The third-order valence-corrected chi connectivity index (χ3v) is 13.3. The molecule has 1 atom stereocenters. The summed E-state index contributed by atoms with van der Waals surface area (Å²) in [4.78, 5) is 17.7. The molecule has 0 saturated heterocycles. The minimum Gasteiger partial charge on any atom is -0.506 e. The van der Waals surface area contributed by atoms with Gasteiger partial charge in [-0.05, 0) is 95.6 Å². The molecule has 0 aliphatic carbocycles. The monoisotopic (exact) mass is 777 g/mol. The van der Waals surface area contributed by atoms with Crippen LogP contribution in [-0.2, 0) is 14.0 Å². The zero-order valence-electron chi connectivity index (χ0n) is 23.9. The van der Waals surface area contributed by atoms with Crippen LogP contribution >= 0.6 is 56.8 Å². The summed E-state index contributed by atoms with van der Waals surface area (Å²) in [5.74, 6) is -0.331. The maximum atomic E-state index is 12.9. The van der Waals surface area contributed by atoms with Crippen molar-refractivity contribution in [3.8, 4) is 5.75 Å². The zero-order chi connectivity index (χ0) is 28.9. The fourth-order valence-corrected chi connectivity index (χ4v) is 6.01. The average Bonchev–Trinajstić information content (AvgIpc) is 2.74. The van der Waals surface area contributed by atoms with E-state index >= 15 is 0 Å². The first-order valence-electron chi connectivity index (χ1n) is 12.4. The number of aliphatic imine (C=N–C) groups is 1. The number of esters is 1. The minimum atomic E-state index is -2.01. The van der Waals surface area contributed by atoms with Crippen LogP contribution in [0.15, 0.2) is 16.6 Å². The quantitative estimate of drug-likeness (QED) is 0.0490. The second-order valence-electron chi connectivity index (χ2n) is 11.7. The average molecular weight is 778 g/mol. The highest BCUT2D eigenvalue weighted by atomic mass is 127. The third kappa shape index (κ3) is 9.65. The van der Waals surface area contributed by atoms with Crippen molar-refractivity contribution in [2.45, 2.75) is 92.6 Å². The first-order chi connectivity index (χ1) is 16.7. The van der Waals surface area contributed by atoms with Crippen molar-refractivity contribution in [3.05, 3.63) is 29.4 Å². The Labute approximate surface area is 256 Å². The summed E-state index contributed by atoms with van der Waals surface area (Å²) in [5, 5.41) is 11.6. The number of hydrogen-bond acceptors (Lipinski definition) is 6. The van der Waals surface area contributed by atoms with Crippen LogP contribution < -0.4 is 4.74 Å². The van der Waals surface area contributed by atoms with Crippen LogP contribution in [0.3, 0.4) is 0 Å². The van der Waals surface area contributed by atoms with E-state index in [2.05, 4.69) is 99.8 Å². The van der Waals surface area contributed by atoms with Gasteiger partial charge in [-0.3, -0.25) is 4.99 Å². The molecule has 210 valence electrons. The molecule has 0 aliphatic rings. The summed E-state index contributed by atoms with van der Waals surface area (Å²) in [6, 6.07) is 1.45. The van der Waals surface area contributed by atoms with Crippen LogP contribution in [-0.4, -0.2) is 51.0 Å². The van der Waals surface area contributed by atoms with E-state index in [4.69, 9.17) is 30.5 Å². The van der Waals surface area contributed by atoms with E-state index in [0.717, 1.165) is 3.57 Å². The fraction of sp³-hybridized carbons (Fsp3) is 0.630. The van der Waals surface area contributed by atoms with Crippen LogP contribution in [0.2, 0.25) is 23.2 Å². The van der Waals surface area contributed by atoms with Crippen molar-refractivity contribution >= 4 is 83.0 Å². The summed E-state index contributed by atoms with van der Waals surface area (Å²) in [5.41, 5.74) is 0.00677. The standard InChI is InChI=1S/C27H42ClI2NO5Si/c1-12-34-25(33)18(14-31-20(26(4,5)6)15-35-37(10,11)27(7,8)9)23(32)17-13-19(29)24(36-16(2)3)22(30)21(17)28/h13-14,16,20,32H,12,15H2,1-11H3/t20-/m1/s1. The van der Waals surface area contributed by atoms with E-state index in [1.165, 1.54) is 6.21 Å². The van der Waals surface area contributed by atoms with Crippen LogP contribution in [0, 0.1) is 12.6 Å². The van der Waals surface area contributed by atoms with E-state index in [0.29, 0.717) is 21.5 Å². The number of ether oxygens (including phenoxy) is 2. The minimum absolute atomic E-state index is 0.0433. The third-order valence-electron chi connectivity index (χ3n) is 6.27. The van der Waals surface area contributed by atoms with Gasteiger partial charge in [0.2, 0.25) is 0 Å². The van der Waals surface area contributed by atoms with E-state index in [-0.39, 0.29) is 45.6 Å². The van der Waals surface area contributed by atoms with Gasteiger partial charge in [0.1, 0.15) is 17.1 Å². The van der Waals surface area contributed by atoms with E-state index in [1.807, 2.05) is 13.8 Å². The van der Waals surface area contributed by atoms with Gasteiger partial charge in [-0.15, -0.1) is 0 Å². The summed E-state index contributed by atoms with van der Waals surface area (Å²) >= 11 is 10.9. The number of carbonyl (C=O) groups excluding carboxylic acids is 1. The Kier molecular flexibility index (Phi) is 12.9. The number of carbonyl (C=O) groups is 1. The number of nitrogens with zero attached hydrogens (tertiary/aromatic N) is 1. The number of aliphatic hydroxyl groups excluding tert-OH is 1. The van der Waals surface area contributed by atoms with Gasteiger partial charge in [-0.25, -0.2) is 4.79 Å². The maximum absolute atomic E-state index is 12.9. The van der Waals surface area contributed by atoms with Gasteiger partial charge in [0.15, 0.2) is 8.32 Å². The molecule has 6 nitrogen and oxygen atoms in total. The van der Waals surface area contributed by atoms with Gasteiger partial charge in [0.05, 0.1) is 37.5 Å². The highest BCUT2D eigenvalue weighted by Crippen LogP contribution is 2.40. The Bertz CT molecular complexity index is 1030. The van der Waals surface area contributed by atoms with Crippen molar-refractivity contribution < 1.29 is 23.8 Å². The molecule has 37 heavy (non-hydrogen) atoms. The summed E-state index contributed by atoms with van der Waals surface area (Å²) in [7, 11) is -2.01. The van der Waals surface area contributed by atoms with Crippen molar-refractivity contribution in [3.63, 3.8) is 0 Å². The number of halogens is 3. The normalized spacial score (nSPS) is 14.7. The molecule has 0 amide bonds. The lowest BCUT2D eigenvalue weighted by Gasteiger charge is -2.38. The number of aliphatic hydroxyl groups is 1. The lowest BCUT2D eigenvalue weighted by Crippen LogP contribution is -2.44. The van der Waals surface area contributed by atoms with Gasteiger partial charge in [-0.1, -0.05) is 53.1 Å². The maximum Gasteiger partial charge on any atom is 0.343 e. The van der Waals surface area contributed by atoms with Gasteiger partial charge >= 0.3 is 5.97 Å². The molecule has 10 heteroatoms. The molecule has 0 bridgehead atoms. The first-order valence-corrected chi connectivity index (χ1v) is 17.8. The molecule has 0 fully saturated rings. The molecule has 0 aromatic heterocycles. The molecule has 0 unspecified atom stereocenters. The Hall–Kier alpha value is -0.373. The second kappa shape index (κ2) is 13.8.